The molecule has 0 amide bonds. The van der Waals surface area contributed by atoms with Crippen LogP contribution in [0.25, 0.3) is 28.2 Å². The van der Waals surface area contributed by atoms with Gasteiger partial charge in [0, 0.05) is 17.2 Å². The number of para-hydroxylation sites is 1. The topological polar surface area (TPSA) is 26.9 Å². The predicted octanol–water partition coefficient (Wildman–Crippen LogP) is 8.28. The maximum atomic E-state index is 14.2. The van der Waals surface area contributed by atoms with Gasteiger partial charge in [-0.25, -0.2) is 4.79 Å². The van der Waals surface area contributed by atoms with Gasteiger partial charge >= 0.3 is 5.69 Å². The Balaban J connectivity index is 1.93. The van der Waals surface area contributed by atoms with E-state index in [0.29, 0.717) is 0 Å². The van der Waals surface area contributed by atoms with Gasteiger partial charge in [-0.05, 0) is 25.0 Å². The molecule has 1 aromatic heterocycles. The van der Waals surface area contributed by atoms with Gasteiger partial charge in [-0.3, -0.25) is 9.13 Å². The van der Waals surface area contributed by atoms with Crippen LogP contribution < -0.4 is 5.69 Å². The summed E-state index contributed by atoms with van der Waals surface area (Å²) in [7, 11) is 0. The standard InChI is InChI=1S/C31H36N2O/c1-3-5-6-7-15-22-27(4-2)32-29(25-18-11-8-12-19-25)30(26-20-13-9-14-21-26)33(31(32)34)28-23-16-10-17-24-28/h8-14,16-21,23-24,27H,3-7,15,22H2,1-2H3. The van der Waals surface area contributed by atoms with Crippen molar-refractivity contribution in [3.63, 3.8) is 0 Å². The van der Waals surface area contributed by atoms with Crippen LogP contribution in [-0.2, 0) is 0 Å². The third-order valence-corrected chi connectivity index (χ3v) is 6.67. The van der Waals surface area contributed by atoms with E-state index in [9.17, 15) is 4.79 Å². The Morgan fingerprint density at radius 2 is 1.18 bits per heavy atom. The van der Waals surface area contributed by atoms with Crippen LogP contribution in [0.15, 0.2) is 95.8 Å². The first-order valence-electron chi connectivity index (χ1n) is 12.8. The molecule has 176 valence electrons. The molecule has 0 N–H and O–H groups in total. The molecule has 4 aromatic rings. The number of rotatable bonds is 11. The molecule has 0 fully saturated rings. The van der Waals surface area contributed by atoms with Gasteiger partial charge in [0.25, 0.3) is 0 Å². The number of hydrogen-bond acceptors (Lipinski definition) is 1. The van der Waals surface area contributed by atoms with Crippen molar-refractivity contribution in [1.82, 2.24) is 9.13 Å². The molecule has 34 heavy (non-hydrogen) atoms. The second kappa shape index (κ2) is 11.7. The molecule has 0 saturated heterocycles. The fourth-order valence-electron chi connectivity index (χ4n) is 4.91. The maximum Gasteiger partial charge on any atom is 0.334 e. The summed E-state index contributed by atoms with van der Waals surface area (Å²) in [4.78, 5) is 14.2. The number of hydrogen-bond donors (Lipinski definition) is 0. The molecule has 0 aliphatic rings. The first kappa shape index (κ1) is 23.8. The minimum Gasteiger partial charge on any atom is -0.288 e. The van der Waals surface area contributed by atoms with Crippen LogP contribution >= 0.6 is 0 Å². The monoisotopic (exact) mass is 452 g/mol. The molecule has 3 heteroatoms. The first-order valence-corrected chi connectivity index (χ1v) is 12.8. The minimum atomic E-state index is 0.0457. The largest absolute Gasteiger partial charge is 0.334 e. The average molecular weight is 453 g/mol. The van der Waals surface area contributed by atoms with Crippen LogP contribution in [0.4, 0.5) is 0 Å². The van der Waals surface area contributed by atoms with Crippen LogP contribution in [0, 0.1) is 0 Å². The Bertz CT molecular complexity index is 1210. The van der Waals surface area contributed by atoms with Gasteiger partial charge in [0.15, 0.2) is 0 Å². The fraction of sp³-hybridized carbons (Fsp3) is 0.323. The van der Waals surface area contributed by atoms with E-state index >= 15 is 0 Å². The number of unbranched alkanes of at least 4 members (excludes halogenated alkanes) is 4. The summed E-state index contributed by atoms with van der Waals surface area (Å²) in [6, 6.07) is 31.0. The Labute approximate surface area is 203 Å². The van der Waals surface area contributed by atoms with Gasteiger partial charge in [-0.2, -0.15) is 0 Å². The molecule has 3 aromatic carbocycles. The van der Waals surface area contributed by atoms with Crippen molar-refractivity contribution in [3.05, 3.63) is 101 Å². The SMILES string of the molecule is CCCCCCCC(CC)n1c(-c2ccccc2)c(-c2ccccc2)n(-c2ccccc2)c1=O. The summed E-state index contributed by atoms with van der Waals surface area (Å²) < 4.78 is 4.00. The molecule has 0 aliphatic carbocycles. The minimum absolute atomic E-state index is 0.0457. The third-order valence-electron chi connectivity index (χ3n) is 6.67. The Morgan fingerprint density at radius 1 is 0.647 bits per heavy atom. The number of aromatic nitrogens is 2. The van der Waals surface area contributed by atoms with Gasteiger partial charge in [0.1, 0.15) is 0 Å². The van der Waals surface area contributed by atoms with E-state index in [4.69, 9.17) is 0 Å². The van der Waals surface area contributed by atoms with Crippen molar-refractivity contribution in [2.24, 2.45) is 0 Å². The van der Waals surface area contributed by atoms with E-state index in [1.807, 2.05) is 59.2 Å². The lowest BCUT2D eigenvalue weighted by Gasteiger charge is -2.20. The molecule has 1 heterocycles. The van der Waals surface area contributed by atoms with E-state index in [1.165, 1.54) is 25.7 Å². The van der Waals surface area contributed by atoms with Crippen molar-refractivity contribution in [1.29, 1.82) is 0 Å². The molecule has 0 aliphatic heterocycles. The van der Waals surface area contributed by atoms with Crippen LogP contribution in [0.5, 0.6) is 0 Å². The summed E-state index contributed by atoms with van der Waals surface area (Å²) in [6.07, 6.45) is 8.13. The van der Waals surface area contributed by atoms with Crippen molar-refractivity contribution in [3.8, 4) is 28.2 Å². The third kappa shape index (κ3) is 5.09. The Kier molecular flexibility index (Phi) is 8.19. The van der Waals surface area contributed by atoms with Crippen molar-refractivity contribution >= 4 is 0 Å². The highest BCUT2D eigenvalue weighted by Gasteiger charge is 2.27. The predicted molar refractivity (Wildman–Crippen MR) is 144 cm³/mol. The highest BCUT2D eigenvalue weighted by Crippen LogP contribution is 2.36. The summed E-state index contributed by atoms with van der Waals surface area (Å²) in [6.45, 7) is 4.46. The lowest BCUT2D eigenvalue weighted by Crippen LogP contribution is -2.27. The lowest BCUT2D eigenvalue weighted by molar-refractivity contribution is 0.419. The Morgan fingerprint density at radius 3 is 1.74 bits per heavy atom. The number of imidazole rings is 1. The van der Waals surface area contributed by atoms with Crippen LogP contribution in [0.1, 0.15) is 64.8 Å². The fourth-order valence-corrected chi connectivity index (χ4v) is 4.91. The highest BCUT2D eigenvalue weighted by molar-refractivity contribution is 5.80. The Hall–Kier alpha value is -3.33. The first-order chi connectivity index (χ1) is 16.8. The number of nitrogens with zero attached hydrogens (tertiary/aromatic N) is 2. The summed E-state index contributed by atoms with van der Waals surface area (Å²) in [5.41, 5.74) is 5.06. The molecular weight excluding hydrogens is 416 g/mol. The van der Waals surface area contributed by atoms with Gasteiger partial charge in [-0.15, -0.1) is 0 Å². The zero-order valence-corrected chi connectivity index (χ0v) is 20.5. The van der Waals surface area contributed by atoms with Crippen molar-refractivity contribution in [2.45, 2.75) is 64.8 Å². The maximum absolute atomic E-state index is 14.2. The van der Waals surface area contributed by atoms with E-state index in [2.05, 4.69) is 54.8 Å². The molecule has 0 bridgehead atoms. The van der Waals surface area contributed by atoms with E-state index in [-0.39, 0.29) is 11.7 Å². The lowest BCUT2D eigenvalue weighted by atomic mass is 10.0. The molecule has 1 atom stereocenters. The van der Waals surface area contributed by atoms with E-state index in [0.717, 1.165) is 47.5 Å². The number of benzene rings is 3. The average Bonchev–Trinajstić information content (AvgIpc) is 3.20. The second-order valence-electron chi connectivity index (χ2n) is 9.02. The smallest absolute Gasteiger partial charge is 0.288 e. The molecule has 0 radical (unpaired) electrons. The van der Waals surface area contributed by atoms with E-state index < -0.39 is 0 Å². The van der Waals surface area contributed by atoms with Crippen LogP contribution in [0.3, 0.4) is 0 Å². The molecular formula is C31H36N2O. The quantitative estimate of drug-likeness (QED) is 0.210. The van der Waals surface area contributed by atoms with E-state index in [1.54, 1.807) is 0 Å². The zero-order chi connectivity index (χ0) is 23.8. The van der Waals surface area contributed by atoms with Crippen LogP contribution in [-0.4, -0.2) is 9.13 Å². The van der Waals surface area contributed by atoms with Crippen molar-refractivity contribution in [2.75, 3.05) is 0 Å². The summed E-state index contributed by atoms with van der Waals surface area (Å²) >= 11 is 0. The molecule has 1 unspecified atom stereocenters. The van der Waals surface area contributed by atoms with Crippen LogP contribution in [0.2, 0.25) is 0 Å². The molecule has 3 nitrogen and oxygen atoms in total. The summed E-state index contributed by atoms with van der Waals surface area (Å²) in [5, 5.41) is 0. The molecule has 0 spiro atoms. The van der Waals surface area contributed by atoms with Gasteiger partial charge in [-0.1, -0.05) is 125 Å². The van der Waals surface area contributed by atoms with Crippen molar-refractivity contribution < 1.29 is 0 Å². The normalized spacial score (nSPS) is 12.1. The second-order valence-corrected chi connectivity index (χ2v) is 9.02. The highest BCUT2D eigenvalue weighted by atomic mass is 16.1. The van der Waals surface area contributed by atoms with Gasteiger partial charge in [0.2, 0.25) is 0 Å². The van der Waals surface area contributed by atoms with Gasteiger partial charge in [0.05, 0.1) is 17.1 Å². The summed E-state index contributed by atoms with van der Waals surface area (Å²) in [5.74, 6) is 0. The van der Waals surface area contributed by atoms with Gasteiger partial charge < -0.3 is 0 Å². The zero-order valence-electron chi connectivity index (χ0n) is 20.5. The molecule has 4 rings (SSSR count). The molecule has 0 saturated carbocycles.